The first-order valence-corrected chi connectivity index (χ1v) is 5.30. The summed E-state index contributed by atoms with van der Waals surface area (Å²) in [7, 11) is 1.61. The Labute approximate surface area is 100 Å². The molecule has 0 aliphatic carbocycles. The lowest BCUT2D eigenvalue weighted by Crippen LogP contribution is -1.94. The summed E-state index contributed by atoms with van der Waals surface area (Å²) in [5.74, 6) is 0.698. The molecule has 0 N–H and O–H groups in total. The molecule has 1 aromatic heterocycles. The zero-order valence-electron chi connectivity index (χ0n) is 9.55. The molecule has 0 saturated carbocycles. The maximum atomic E-state index is 8.65. The zero-order valence-corrected chi connectivity index (χ0v) is 9.55. The molecule has 0 amide bonds. The molecule has 0 fully saturated rings. The van der Waals surface area contributed by atoms with Crippen LogP contribution in [0.5, 0.6) is 5.75 Å². The van der Waals surface area contributed by atoms with Crippen molar-refractivity contribution in [3.8, 4) is 23.1 Å². The minimum Gasteiger partial charge on any atom is -0.494 e. The van der Waals surface area contributed by atoms with Crippen LogP contribution in [0.1, 0.15) is 5.56 Å². The van der Waals surface area contributed by atoms with E-state index in [0.29, 0.717) is 12.2 Å². The zero-order chi connectivity index (χ0) is 12.1. The molecule has 84 valence electrons. The molecule has 0 aliphatic heterocycles. The number of hydrogen-bond donors (Lipinski definition) is 0. The number of nitriles is 1. The monoisotopic (exact) mass is 224 g/mol. The van der Waals surface area contributed by atoms with E-state index in [4.69, 9.17) is 10.00 Å². The first-order valence-electron chi connectivity index (χ1n) is 5.30. The molecule has 0 atom stereocenters. The van der Waals surface area contributed by atoms with Crippen LogP contribution in [0.3, 0.4) is 0 Å². The lowest BCUT2D eigenvalue weighted by Gasteiger charge is -2.08. The highest BCUT2D eigenvalue weighted by Gasteiger charge is 2.07. The van der Waals surface area contributed by atoms with E-state index >= 15 is 0 Å². The second-order valence-corrected chi connectivity index (χ2v) is 3.60. The Morgan fingerprint density at radius 1 is 1.29 bits per heavy atom. The highest BCUT2D eigenvalue weighted by molar-refractivity contribution is 5.66. The van der Waals surface area contributed by atoms with Crippen LogP contribution in [0.4, 0.5) is 0 Å². The number of ether oxygens (including phenoxy) is 1. The molecular weight excluding hydrogens is 212 g/mol. The largest absolute Gasteiger partial charge is 0.494 e. The first kappa shape index (κ1) is 11.2. The van der Waals surface area contributed by atoms with E-state index in [1.165, 1.54) is 0 Å². The van der Waals surface area contributed by atoms with E-state index in [1.807, 2.05) is 36.4 Å². The number of hydrogen-bond acceptors (Lipinski definition) is 3. The second-order valence-electron chi connectivity index (χ2n) is 3.60. The molecule has 3 heteroatoms. The first-order chi connectivity index (χ1) is 8.35. The highest BCUT2D eigenvalue weighted by Crippen LogP contribution is 2.28. The summed E-state index contributed by atoms with van der Waals surface area (Å²) in [6.45, 7) is 0. The predicted molar refractivity (Wildman–Crippen MR) is 65.5 cm³/mol. The molecule has 0 saturated heterocycles. The minimum atomic E-state index is 0.346. The van der Waals surface area contributed by atoms with Gasteiger partial charge in [0.05, 0.1) is 19.6 Å². The van der Waals surface area contributed by atoms with Gasteiger partial charge in [0.2, 0.25) is 0 Å². The van der Waals surface area contributed by atoms with Crippen molar-refractivity contribution >= 4 is 0 Å². The summed E-state index contributed by atoms with van der Waals surface area (Å²) in [6.07, 6.45) is 2.06. The van der Waals surface area contributed by atoms with Crippen molar-refractivity contribution in [3.05, 3.63) is 48.2 Å². The standard InChI is InChI=1S/C14H12N2O/c1-17-13-9-11(7-8-15)10-16-14(13)12-5-3-2-4-6-12/h2-6,9-10H,7H2,1H3. The van der Waals surface area contributed by atoms with E-state index in [9.17, 15) is 0 Å². The van der Waals surface area contributed by atoms with Gasteiger partial charge in [-0.3, -0.25) is 4.98 Å². The maximum absolute atomic E-state index is 8.65. The number of pyridine rings is 1. The Hall–Kier alpha value is -2.34. The quantitative estimate of drug-likeness (QED) is 0.805. The van der Waals surface area contributed by atoms with Crippen LogP contribution in [0.25, 0.3) is 11.3 Å². The number of aromatic nitrogens is 1. The van der Waals surface area contributed by atoms with E-state index in [2.05, 4.69) is 11.1 Å². The summed E-state index contributed by atoms with van der Waals surface area (Å²) in [4.78, 5) is 4.36. The van der Waals surface area contributed by atoms with E-state index in [-0.39, 0.29) is 0 Å². The summed E-state index contributed by atoms with van der Waals surface area (Å²) in [5.41, 5.74) is 2.67. The fourth-order valence-corrected chi connectivity index (χ4v) is 1.64. The van der Waals surface area contributed by atoms with Crippen LogP contribution in [0.15, 0.2) is 42.6 Å². The Bertz CT molecular complexity index is 544. The van der Waals surface area contributed by atoms with Crippen molar-refractivity contribution in [1.82, 2.24) is 4.98 Å². The summed E-state index contributed by atoms with van der Waals surface area (Å²) < 4.78 is 5.31. The van der Waals surface area contributed by atoms with Crippen molar-refractivity contribution in [1.29, 1.82) is 5.26 Å². The fraction of sp³-hybridized carbons (Fsp3) is 0.143. The summed E-state index contributed by atoms with van der Waals surface area (Å²) >= 11 is 0. The van der Waals surface area contributed by atoms with Crippen molar-refractivity contribution in [2.75, 3.05) is 7.11 Å². The number of methoxy groups -OCH3 is 1. The van der Waals surface area contributed by atoms with E-state index in [1.54, 1.807) is 13.3 Å². The number of nitrogens with zero attached hydrogens (tertiary/aromatic N) is 2. The van der Waals surface area contributed by atoms with Gasteiger partial charge in [-0.1, -0.05) is 30.3 Å². The predicted octanol–water partition coefficient (Wildman–Crippen LogP) is 2.82. The molecule has 2 rings (SSSR count). The second kappa shape index (κ2) is 5.13. The molecule has 0 aliphatic rings. The van der Waals surface area contributed by atoms with Gasteiger partial charge in [-0.25, -0.2) is 0 Å². The third-order valence-corrected chi connectivity index (χ3v) is 2.46. The third kappa shape index (κ3) is 2.43. The van der Waals surface area contributed by atoms with Gasteiger partial charge < -0.3 is 4.74 Å². The van der Waals surface area contributed by atoms with Crippen molar-refractivity contribution in [2.24, 2.45) is 0 Å². The fourth-order valence-electron chi connectivity index (χ4n) is 1.64. The molecular formula is C14H12N2O. The number of benzene rings is 1. The molecule has 17 heavy (non-hydrogen) atoms. The Balaban J connectivity index is 2.45. The van der Waals surface area contributed by atoms with Crippen LogP contribution in [-0.2, 0) is 6.42 Å². The van der Waals surface area contributed by atoms with Gasteiger partial charge in [-0.15, -0.1) is 0 Å². The SMILES string of the molecule is COc1cc(CC#N)cnc1-c1ccccc1. The van der Waals surface area contributed by atoms with Crippen molar-refractivity contribution in [2.45, 2.75) is 6.42 Å². The third-order valence-electron chi connectivity index (χ3n) is 2.46. The van der Waals surface area contributed by atoms with Gasteiger partial charge >= 0.3 is 0 Å². The van der Waals surface area contributed by atoms with Gasteiger partial charge in [0.25, 0.3) is 0 Å². The van der Waals surface area contributed by atoms with Crippen molar-refractivity contribution < 1.29 is 4.74 Å². The lowest BCUT2D eigenvalue weighted by molar-refractivity contribution is 0.414. The summed E-state index contributed by atoms with van der Waals surface area (Å²) in [6, 6.07) is 13.8. The van der Waals surface area contributed by atoms with Crippen LogP contribution < -0.4 is 4.74 Å². The molecule has 2 aromatic rings. The maximum Gasteiger partial charge on any atom is 0.145 e. The minimum absolute atomic E-state index is 0.346. The normalized spacial score (nSPS) is 9.65. The molecule has 3 nitrogen and oxygen atoms in total. The molecule has 1 heterocycles. The average Bonchev–Trinajstić information content (AvgIpc) is 2.40. The molecule has 1 aromatic carbocycles. The van der Waals surface area contributed by atoms with Crippen LogP contribution in [0, 0.1) is 11.3 Å². The van der Waals surface area contributed by atoms with Gasteiger partial charge in [0.15, 0.2) is 0 Å². The van der Waals surface area contributed by atoms with Crippen molar-refractivity contribution in [3.63, 3.8) is 0 Å². The van der Waals surface area contributed by atoms with Crippen LogP contribution >= 0.6 is 0 Å². The van der Waals surface area contributed by atoms with Crippen LogP contribution in [0.2, 0.25) is 0 Å². The number of rotatable bonds is 3. The highest BCUT2D eigenvalue weighted by atomic mass is 16.5. The average molecular weight is 224 g/mol. The Morgan fingerprint density at radius 3 is 2.71 bits per heavy atom. The molecule has 0 unspecified atom stereocenters. The Morgan fingerprint density at radius 2 is 2.06 bits per heavy atom. The smallest absolute Gasteiger partial charge is 0.145 e. The van der Waals surface area contributed by atoms with Gasteiger partial charge in [-0.05, 0) is 11.6 Å². The summed E-state index contributed by atoms with van der Waals surface area (Å²) in [5, 5.41) is 8.65. The topological polar surface area (TPSA) is 45.9 Å². The molecule has 0 spiro atoms. The van der Waals surface area contributed by atoms with Gasteiger partial charge in [0, 0.05) is 11.8 Å². The van der Waals surface area contributed by atoms with E-state index in [0.717, 1.165) is 16.8 Å². The molecule has 0 bridgehead atoms. The van der Waals surface area contributed by atoms with Gasteiger partial charge in [-0.2, -0.15) is 5.26 Å². The van der Waals surface area contributed by atoms with Crippen LogP contribution in [-0.4, -0.2) is 12.1 Å². The molecule has 0 radical (unpaired) electrons. The van der Waals surface area contributed by atoms with E-state index < -0.39 is 0 Å². The lowest BCUT2D eigenvalue weighted by atomic mass is 10.1. The van der Waals surface area contributed by atoms with Gasteiger partial charge in [0.1, 0.15) is 11.4 Å². The Kier molecular flexibility index (Phi) is 3.37.